The summed E-state index contributed by atoms with van der Waals surface area (Å²) in [6.45, 7) is 1.84. The van der Waals surface area contributed by atoms with Crippen LogP contribution in [0.2, 0.25) is 5.02 Å². The first-order valence-corrected chi connectivity index (χ1v) is 5.46. The van der Waals surface area contributed by atoms with E-state index in [9.17, 15) is 9.59 Å². The summed E-state index contributed by atoms with van der Waals surface area (Å²) in [6, 6.07) is 6.33. The fourth-order valence-electron chi connectivity index (χ4n) is 1.52. The van der Waals surface area contributed by atoms with Crippen molar-refractivity contribution >= 4 is 17.6 Å². The second-order valence-corrected chi connectivity index (χ2v) is 4.15. The van der Waals surface area contributed by atoms with Crippen LogP contribution in [0, 0.1) is 6.92 Å². The molecule has 0 amide bonds. The fourth-order valence-corrected chi connectivity index (χ4v) is 1.69. The molecule has 2 aromatic rings. The third kappa shape index (κ3) is 2.26. The van der Waals surface area contributed by atoms with Crippen molar-refractivity contribution in [3.8, 4) is 5.69 Å². The molecule has 0 aliphatic heterocycles. The zero-order valence-electron chi connectivity index (χ0n) is 9.42. The predicted molar refractivity (Wildman–Crippen MR) is 66.5 cm³/mol. The van der Waals surface area contributed by atoms with Gasteiger partial charge >= 0.3 is 5.97 Å². The van der Waals surface area contributed by atoms with Crippen molar-refractivity contribution in [2.24, 2.45) is 0 Å². The molecule has 0 saturated carbocycles. The minimum Gasteiger partial charge on any atom is -0.476 e. The first-order chi connectivity index (χ1) is 8.49. The summed E-state index contributed by atoms with van der Waals surface area (Å²) in [5, 5.41) is 13.2. The highest BCUT2D eigenvalue weighted by atomic mass is 35.5. The minimum atomic E-state index is -1.35. The molecule has 0 bridgehead atoms. The van der Waals surface area contributed by atoms with Crippen molar-refractivity contribution in [3.63, 3.8) is 0 Å². The lowest BCUT2D eigenvalue weighted by molar-refractivity contribution is 0.0687. The molecule has 0 spiro atoms. The second-order valence-electron chi connectivity index (χ2n) is 3.71. The summed E-state index contributed by atoms with van der Waals surface area (Å²) in [5.74, 6) is -1.35. The molecule has 0 saturated heterocycles. The largest absolute Gasteiger partial charge is 0.476 e. The van der Waals surface area contributed by atoms with Crippen LogP contribution in [0.3, 0.4) is 0 Å². The van der Waals surface area contributed by atoms with Crippen LogP contribution in [-0.4, -0.2) is 20.9 Å². The van der Waals surface area contributed by atoms with Gasteiger partial charge in [0, 0.05) is 17.3 Å². The summed E-state index contributed by atoms with van der Waals surface area (Å²) in [7, 11) is 0. The molecule has 18 heavy (non-hydrogen) atoms. The number of aromatic carboxylic acids is 1. The van der Waals surface area contributed by atoms with E-state index in [-0.39, 0.29) is 0 Å². The molecule has 5 nitrogen and oxygen atoms in total. The van der Waals surface area contributed by atoms with Gasteiger partial charge in [0.05, 0.1) is 5.69 Å². The highest BCUT2D eigenvalue weighted by Crippen LogP contribution is 2.18. The Morgan fingerprint density at radius 1 is 1.39 bits per heavy atom. The van der Waals surface area contributed by atoms with E-state index in [1.807, 2.05) is 6.92 Å². The topological polar surface area (TPSA) is 72.2 Å². The summed E-state index contributed by atoms with van der Waals surface area (Å²) < 4.78 is 1.33. The quantitative estimate of drug-likeness (QED) is 0.899. The van der Waals surface area contributed by atoms with Crippen molar-refractivity contribution in [1.29, 1.82) is 0 Å². The minimum absolute atomic E-state index is 0.507. The number of aromatic nitrogens is 2. The average molecular weight is 265 g/mol. The van der Waals surface area contributed by atoms with Gasteiger partial charge in [-0.05, 0) is 24.6 Å². The monoisotopic (exact) mass is 264 g/mol. The number of hydrogen-bond acceptors (Lipinski definition) is 3. The number of aryl methyl sites for hydroxylation is 1. The molecule has 1 N–H and O–H groups in total. The number of nitrogens with zero attached hydrogens (tertiary/aromatic N) is 2. The highest BCUT2D eigenvalue weighted by molar-refractivity contribution is 6.30. The first kappa shape index (κ1) is 12.3. The number of benzene rings is 1. The van der Waals surface area contributed by atoms with Crippen LogP contribution in [0.15, 0.2) is 35.3 Å². The number of carbonyl (C=O) groups is 1. The lowest BCUT2D eigenvalue weighted by atomic mass is 10.2. The Bertz CT molecular complexity index is 679. The van der Waals surface area contributed by atoms with Gasteiger partial charge in [-0.2, -0.15) is 5.10 Å². The highest BCUT2D eigenvalue weighted by Gasteiger charge is 2.12. The van der Waals surface area contributed by atoms with E-state index >= 15 is 0 Å². The van der Waals surface area contributed by atoms with Crippen LogP contribution in [0.4, 0.5) is 0 Å². The Morgan fingerprint density at radius 2 is 2.11 bits per heavy atom. The van der Waals surface area contributed by atoms with Gasteiger partial charge in [-0.1, -0.05) is 17.7 Å². The van der Waals surface area contributed by atoms with E-state index in [2.05, 4.69) is 5.10 Å². The van der Waals surface area contributed by atoms with Crippen molar-refractivity contribution in [1.82, 2.24) is 9.78 Å². The number of carboxylic acid groups (broad SMARTS) is 1. The SMILES string of the molecule is Cc1ccc(Cl)cc1-n1ccc(=O)c(C(=O)O)n1. The molecule has 1 aromatic carbocycles. The summed E-state index contributed by atoms with van der Waals surface area (Å²) in [4.78, 5) is 22.2. The molecule has 2 rings (SSSR count). The Kier molecular flexibility index (Phi) is 3.16. The predicted octanol–water partition coefficient (Wildman–Crippen LogP) is 1.89. The molecule has 0 fully saturated rings. The van der Waals surface area contributed by atoms with Crippen molar-refractivity contribution in [3.05, 3.63) is 57.0 Å². The van der Waals surface area contributed by atoms with E-state index in [4.69, 9.17) is 16.7 Å². The van der Waals surface area contributed by atoms with Gasteiger partial charge in [0.25, 0.3) is 0 Å². The third-order valence-corrected chi connectivity index (χ3v) is 2.66. The van der Waals surface area contributed by atoms with Crippen LogP contribution in [0.25, 0.3) is 5.69 Å². The first-order valence-electron chi connectivity index (χ1n) is 5.09. The van der Waals surface area contributed by atoms with Crippen molar-refractivity contribution in [2.45, 2.75) is 6.92 Å². The molecular weight excluding hydrogens is 256 g/mol. The molecule has 0 radical (unpaired) electrons. The Balaban J connectivity index is 2.65. The van der Waals surface area contributed by atoms with Crippen LogP contribution in [-0.2, 0) is 0 Å². The van der Waals surface area contributed by atoms with E-state index in [0.29, 0.717) is 10.7 Å². The normalized spacial score (nSPS) is 10.3. The maximum atomic E-state index is 11.3. The van der Waals surface area contributed by atoms with Crippen LogP contribution in [0.5, 0.6) is 0 Å². The molecule has 92 valence electrons. The molecule has 0 aliphatic carbocycles. The summed E-state index contributed by atoms with van der Waals surface area (Å²) in [6.07, 6.45) is 1.41. The summed E-state index contributed by atoms with van der Waals surface area (Å²) in [5.41, 5.74) is 0.354. The molecule has 0 atom stereocenters. The molecular formula is C12H9ClN2O3. The molecule has 6 heteroatoms. The molecule has 1 aromatic heterocycles. The standard InChI is InChI=1S/C12H9ClN2O3/c1-7-2-3-8(13)6-9(7)15-5-4-10(16)11(14-15)12(17)18/h2-6H,1H3,(H,17,18). The van der Waals surface area contributed by atoms with E-state index < -0.39 is 17.1 Å². The molecule has 1 heterocycles. The van der Waals surface area contributed by atoms with Gasteiger partial charge in [0.2, 0.25) is 11.1 Å². The van der Waals surface area contributed by atoms with Gasteiger partial charge in [-0.25, -0.2) is 9.48 Å². The van der Waals surface area contributed by atoms with E-state index in [0.717, 1.165) is 11.6 Å². The van der Waals surface area contributed by atoms with Gasteiger partial charge in [0.15, 0.2) is 0 Å². The second kappa shape index (κ2) is 4.62. The van der Waals surface area contributed by atoms with Crippen LogP contribution >= 0.6 is 11.6 Å². The lowest BCUT2D eigenvalue weighted by Crippen LogP contribution is -2.20. The van der Waals surface area contributed by atoms with Gasteiger partial charge < -0.3 is 5.11 Å². The Hall–Kier alpha value is -2.14. The maximum Gasteiger partial charge on any atom is 0.360 e. The molecule has 0 aliphatic rings. The number of halogens is 1. The van der Waals surface area contributed by atoms with Crippen molar-refractivity contribution < 1.29 is 9.90 Å². The van der Waals surface area contributed by atoms with Crippen molar-refractivity contribution in [2.75, 3.05) is 0 Å². The number of hydrogen-bond donors (Lipinski definition) is 1. The number of rotatable bonds is 2. The Labute approximate surface area is 107 Å². The zero-order chi connectivity index (χ0) is 13.3. The third-order valence-electron chi connectivity index (χ3n) is 2.43. The maximum absolute atomic E-state index is 11.3. The molecule has 0 unspecified atom stereocenters. The van der Waals surface area contributed by atoms with E-state index in [1.54, 1.807) is 18.2 Å². The van der Waals surface area contributed by atoms with Gasteiger partial charge in [-0.15, -0.1) is 0 Å². The fraction of sp³-hybridized carbons (Fsp3) is 0.0833. The van der Waals surface area contributed by atoms with Gasteiger partial charge in [-0.3, -0.25) is 4.79 Å². The number of carboxylic acids is 1. The van der Waals surface area contributed by atoms with Gasteiger partial charge in [0.1, 0.15) is 0 Å². The van der Waals surface area contributed by atoms with Crippen LogP contribution in [0.1, 0.15) is 16.1 Å². The lowest BCUT2D eigenvalue weighted by Gasteiger charge is -2.09. The van der Waals surface area contributed by atoms with Crippen LogP contribution < -0.4 is 5.43 Å². The summed E-state index contributed by atoms with van der Waals surface area (Å²) >= 11 is 5.88. The van der Waals surface area contributed by atoms with E-state index in [1.165, 1.54) is 10.9 Å². The average Bonchev–Trinajstić information content (AvgIpc) is 2.33. The zero-order valence-corrected chi connectivity index (χ0v) is 10.2. The Morgan fingerprint density at radius 3 is 2.78 bits per heavy atom. The smallest absolute Gasteiger partial charge is 0.360 e.